The molecule has 4 nitrogen and oxygen atoms in total. The third-order valence-corrected chi connectivity index (χ3v) is 2.09. The summed E-state index contributed by atoms with van der Waals surface area (Å²) in [5, 5.41) is 0. The molecule has 0 fully saturated rings. The molecule has 0 aromatic heterocycles. The first-order chi connectivity index (χ1) is 7.49. The summed E-state index contributed by atoms with van der Waals surface area (Å²) in [7, 11) is 1.50. The Labute approximate surface area is 92.8 Å². The van der Waals surface area contributed by atoms with Crippen molar-refractivity contribution in [1.29, 1.82) is 0 Å². The van der Waals surface area contributed by atoms with E-state index in [4.69, 9.17) is 5.73 Å². The molecule has 0 aliphatic heterocycles. The predicted octanol–water partition coefficient (Wildman–Crippen LogP) is 0.312. The summed E-state index contributed by atoms with van der Waals surface area (Å²) in [5.74, 6) is -1.14. The van der Waals surface area contributed by atoms with E-state index in [-0.39, 0.29) is 24.7 Å². The fourth-order valence-corrected chi connectivity index (χ4v) is 1.23. The predicted molar refractivity (Wildman–Crippen MR) is 56.9 cm³/mol. The molecule has 86 valence electrons. The van der Waals surface area contributed by atoms with E-state index in [0.717, 1.165) is 0 Å². The van der Waals surface area contributed by atoms with E-state index in [1.165, 1.54) is 36.2 Å². The summed E-state index contributed by atoms with van der Waals surface area (Å²) >= 11 is 0. The summed E-state index contributed by atoms with van der Waals surface area (Å²) in [6, 6.07) is 5.64. The summed E-state index contributed by atoms with van der Waals surface area (Å²) in [5.41, 5.74) is 5.66. The zero-order valence-corrected chi connectivity index (χ0v) is 8.94. The maximum Gasteiger partial charge on any atom is 0.237 e. The Hall–Kier alpha value is -1.91. The van der Waals surface area contributed by atoms with Gasteiger partial charge in [0.1, 0.15) is 5.82 Å². The van der Waals surface area contributed by atoms with E-state index in [9.17, 15) is 14.0 Å². The standard InChI is InChI=1S/C11H13FN2O2/c1-14(7-10(13)15)11(16)6-8-2-4-9(12)5-3-8/h2-5H,6-7H2,1H3,(H2,13,15). The van der Waals surface area contributed by atoms with E-state index in [2.05, 4.69) is 0 Å². The smallest absolute Gasteiger partial charge is 0.237 e. The fourth-order valence-electron chi connectivity index (χ4n) is 1.23. The number of nitrogens with two attached hydrogens (primary N) is 1. The molecule has 0 bridgehead atoms. The molecule has 1 aromatic carbocycles. The van der Waals surface area contributed by atoms with Crippen LogP contribution in [0.4, 0.5) is 4.39 Å². The number of amides is 2. The number of benzene rings is 1. The molecule has 1 aromatic rings. The van der Waals surface area contributed by atoms with Crippen molar-refractivity contribution in [2.75, 3.05) is 13.6 Å². The van der Waals surface area contributed by atoms with Gasteiger partial charge in [-0.25, -0.2) is 4.39 Å². The summed E-state index contributed by atoms with van der Waals surface area (Å²) < 4.78 is 12.6. The van der Waals surface area contributed by atoms with Crippen LogP contribution < -0.4 is 5.73 Å². The van der Waals surface area contributed by atoms with Gasteiger partial charge in [0.15, 0.2) is 0 Å². The van der Waals surface area contributed by atoms with Crippen molar-refractivity contribution in [2.45, 2.75) is 6.42 Å². The molecule has 0 spiro atoms. The fraction of sp³-hybridized carbons (Fsp3) is 0.273. The Balaban J connectivity index is 2.57. The number of hydrogen-bond donors (Lipinski definition) is 1. The second kappa shape index (κ2) is 5.25. The van der Waals surface area contributed by atoms with Crippen molar-refractivity contribution in [3.05, 3.63) is 35.6 Å². The molecular weight excluding hydrogens is 211 g/mol. The maximum atomic E-state index is 12.6. The second-order valence-corrected chi connectivity index (χ2v) is 3.52. The highest BCUT2D eigenvalue weighted by molar-refractivity contribution is 5.84. The van der Waals surface area contributed by atoms with Gasteiger partial charge in [-0.3, -0.25) is 9.59 Å². The number of primary amides is 1. The van der Waals surface area contributed by atoms with Crippen LogP contribution in [0.15, 0.2) is 24.3 Å². The monoisotopic (exact) mass is 224 g/mol. The largest absolute Gasteiger partial charge is 0.368 e. The minimum atomic E-state index is -0.560. The molecule has 2 amide bonds. The number of carbonyl (C=O) groups excluding carboxylic acids is 2. The van der Waals surface area contributed by atoms with Crippen molar-refractivity contribution in [2.24, 2.45) is 5.73 Å². The van der Waals surface area contributed by atoms with Gasteiger partial charge in [0.25, 0.3) is 0 Å². The van der Waals surface area contributed by atoms with Gasteiger partial charge in [0.05, 0.1) is 13.0 Å². The van der Waals surface area contributed by atoms with Crippen LogP contribution in [0.2, 0.25) is 0 Å². The van der Waals surface area contributed by atoms with Crippen molar-refractivity contribution >= 4 is 11.8 Å². The van der Waals surface area contributed by atoms with Crippen LogP contribution >= 0.6 is 0 Å². The molecule has 0 radical (unpaired) electrons. The molecule has 0 aliphatic carbocycles. The first kappa shape index (κ1) is 12.2. The van der Waals surface area contributed by atoms with Crippen LogP contribution in [0, 0.1) is 5.82 Å². The Bertz CT molecular complexity index is 389. The van der Waals surface area contributed by atoms with Crippen LogP contribution in [0.25, 0.3) is 0 Å². The highest BCUT2D eigenvalue weighted by Crippen LogP contribution is 2.04. The maximum absolute atomic E-state index is 12.6. The lowest BCUT2D eigenvalue weighted by Crippen LogP contribution is -2.36. The van der Waals surface area contributed by atoms with Crippen LogP contribution in [0.1, 0.15) is 5.56 Å². The normalized spacial score (nSPS) is 9.88. The third-order valence-electron chi connectivity index (χ3n) is 2.09. The van der Waals surface area contributed by atoms with Gasteiger partial charge in [-0.1, -0.05) is 12.1 Å². The molecular formula is C11H13FN2O2. The molecule has 0 heterocycles. The molecule has 16 heavy (non-hydrogen) atoms. The molecule has 5 heteroatoms. The van der Waals surface area contributed by atoms with Gasteiger partial charge >= 0.3 is 0 Å². The van der Waals surface area contributed by atoms with E-state index in [0.29, 0.717) is 5.56 Å². The Morgan fingerprint density at radius 2 is 1.88 bits per heavy atom. The average Bonchev–Trinajstić information content (AvgIpc) is 2.20. The van der Waals surface area contributed by atoms with Crippen molar-refractivity contribution < 1.29 is 14.0 Å². The average molecular weight is 224 g/mol. The van der Waals surface area contributed by atoms with Gasteiger partial charge in [-0.2, -0.15) is 0 Å². The number of hydrogen-bond acceptors (Lipinski definition) is 2. The van der Waals surface area contributed by atoms with Gasteiger partial charge in [0.2, 0.25) is 11.8 Å². The SMILES string of the molecule is CN(CC(N)=O)C(=O)Cc1ccc(F)cc1. The van der Waals surface area contributed by atoms with Gasteiger partial charge in [-0.15, -0.1) is 0 Å². The number of rotatable bonds is 4. The van der Waals surface area contributed by atoms with Crippen LogP contribution in [0.3, 0.4) is 0 Å². The van der Waals surface area contributed by atoms with Crippen LogP contribution in [-0.2, 0) is 16.0 Å². The molecule has 0 unspecified atom stereocenters. The lowest BCUT2D eigenvalue weighted by Gasteiger charge is -2.14. The van der Waals surface area contributed by atoms with Crippen LogP contribution in [-0.4, -0.2) is 30.3 Å². The molecule has 1 rings (SSSR count). The van der Waals surface area contributed by atoms with Gasteiger partial charge in [0, 0.05) is 7.05 Å². The van der Waals surface area contributed by atoms with Gasteiger partial charge < -0.3 is 10.6 Å². The number of nitrogens with zero attached hydrogens (tertiary/aromatic N) is 1. The molecule has 0 saturated carbocycles. The molecule has 2 N–H and O–H groups in total. The van der Waals surface area contributed by atoms with Crippen molar-refractivity contribution in [1.82, 2.24) is 4.90 Å². The topological polar surface area (TPSA) is 63.4 Å². The van der Waals surface area contributed by atoms with E-state index in [1.54, 1.807) is 0 Å². The van der Waals surface area contributed by atoms with Crippen molar-refractivity contribution in [3.63, 3.8) is 0 Å². The number of likely N-dealkylation sites (N-methyl/N-ethyl adjacent to an activating group) is 1. The lowest BCUT2D eigenvalue weighted by molar-refractivity contribution is -0.133. The molecule has 0 aliphatic rings. The minimum absolute atomic E-state index is 0.111. The number of carbonyl (C=O) groups is 2. The summed E-state index contributed by atoms with van der Waals surface area (Å²) in [6.45, 7) is -0.111. The Morgan fingerprint density at radius 1 is 1.31 bits per heavy atom. The summed E-state index contributed by atoms with van der Waals surface area (Å²) in [4.78, 5) is 23.4. The third kappa shape index (κ3) is 3.68. The summed E-state index contributed by atoms with van der Waals surface area (Å²) in [6.07, 6.45) is 0.129. The van der Waals surface area contributed by atoms with Crippen molar-refractivity contribution in [3.8, 4) is 0 Å². The zero-order chi connectivity index (χ0) is 12.1. The second-order valence-electron chi connectivity index (χ2n) is 3.52. The van der Waals surface area contributed by atoms with Crippen LogP contribution in [0.5, 0.6) is 0 Å². The molecule has 0 saturated heterocycles. The molecule has 0 atom stereocenters. The highest BCUT2D eigenvalue weighted by Gasteiger charge is 2.11. The first-order valence-corrected chi connectivity index (χ1v) is 4.75. The van der Waals surface area contributed by atoms with E-state index >= 15 is 0 Å². The van der Waals surface area contributed by atoms with E-state index in [1.807, 2.05) is 0 Å². The Morgan fingerprint density at radius 3 is 2.38 bits per heavy atom. The quantitative estimate of drug-likeness (QED) is 0.800. The minimum Gasteiger partial charge on any atom is -0.368 e. The first-order valence-electron chi connectivity index (χ1n) is 4.75. The zero-order valence-electron chi connectivity index (χ0n) is 8.94. The highest BCUT2D eigenvalue weighted by atomic mass is 19.1. The Kier molecular flexibility index (Phi) is 3.99. The van der Waals surface area contributed by atoms with Gasteiger partial charge in [-0.05, 0) is 17.7 Å². The van der Waals surface area contributed by atoms with E-state index < -0.39 is 5.91 Å². The lowest BCUT2D eigenvalue weighted by atomic mass is 10.1. The number of halogens is 1.